The Balaban J connectivity index is 0.000000160. The second-order valence-electron chi connectivity index (χ2n) is 51.7. The van der Waals surface area contributed by atoms with Crippen molar-refractivity contribution in [2.24, 2.45) is 51.8 Å². The molecular weight excluding hydrogens is 1920 g/mol. The Morgan fingerprint density at radius 2 is 0.593 bits per heavy atom. The van der Waals surface area contributed by atoms with E-state index in [0.29, 0.717) is 125 Å². The highest BCUT2D eigenvalue weighted by molar-refractivity contribution is 6.46. The van der Waals surface area contributed by atoms with Crippen molar-refractivity contribution >= 4 is 75.3 Å². The van der Waals surface area contributed by atoms with E-state index >= 15 is 0 Å². The van der Waals surface area contributed by atoms with Gasteiger partial charge in [0.2, 0.25) is 0 Å². The standard InChI is InChI=1S/3C37H53BN4O8/c3*1-21-22(13-14-38-49-28-16-23-15-27(36(23,8)9)37(28,10)50-38)11-12-26(29(21)32(44)47-34(2,3)4)46-24-18-42(19-24)31(43)30(25-17-39-20-40-25)41-33(45)48-35(5,6)7/h3*11-12,17,20,23-24,27-28,30H,13-16,18-19H2,1-10H3,(H,39,40)(H,41,45)/t23-,27-,28+,30?,37-;23-,27-,28+,30+,37-;23-,27-,28+,30-,37-/m000/s1. The molecule has 6 aromatic rings. The number of aromatic nitrogens is 6. The fourth-order valence-electron chi connectivity index (χ4n) is 24.6. The summed E-state index contributed by atoms with van der Waals surface area (Å²) in [7, 11) is -0.891. The Morgan fingerprint density at radius 1 is 0.360 bits per heavy atom. The molecule has 9 saturated carbocycles. The quantitative estimate of drug-likeness (QED) is 0.0158. The zero-order valence-corrected chi connectivity index (χ0v) is 93.5. The third-order valence-electron chi connectivity index (χ3n) is 33.0. The van der Waals surface area contributed by atoms with Gasteiger partial charge in [0.25, 0.3) is 17.7 Å². The number of alkyl carbamates (subject to hydrolysis) is 3. The van der Waals surface area contributed by atoms with E-state index in [-0.39, 0.29) is 148 Å². The first kappa shape index (κ1) is 112. The SMILES string of the molecule is Cc1c(CCB2O[C@@H]3C[C@@H]4C[C@@H](C4(C)C)[C@]3(C)O2)ccc(OC2CN(C(=O)C(NC(=O)OC(C)(C)C)c3cnc[nH]3)C2)c1C(=O)OC(C)(C)C.Cc1c(CCB2O[C@@H]3C[C@@H]4C[C@@H](C4(C)C)[C@]3(C)O2)ccc(OC2CN(C(=O)[C@@H](NC(=O)OC(C)(C)C)c3cnc[nH]3)C2)c1C(=O)OC(C)(C)C.Cc1c(CCB2O[C@@H]3C[C@@H]4C[C@@H](C4(C)C)[C@]3(C)O2)ccc(OC2CN(C(=O)[C@H](NC(=O)OC(C)(C)C)c3cnc[nH]3)C2)c1C(=O)OC(C)(C)C. The Hall–Kier alpha value is -10.7. The van der Waals surface area contributed by atoms with Crippen molar-refractivity contribution in [3.63, 3.8) is 0 Å². The van der Waals surface area contributed by atoms with E-state index in [1.165, 1.54) is 56.8 Å². The predicted molar refractivity (Wildman–Crippen MR) is 560 cm³/mol. The van der Waals surface area contributed by atoms with Crippen LogP contribution in [0.15, 0.2) is 74.0 Å². The zero-order valence-electron chi connectivity index (χ0n) is 93.5. The van der Waals surface area contributed by atoms with E-state index in [1.54, 1.807) is 77.0 Å². The number of aromatic amines is 3. The molecule has 6 bridgehead atoms. The van der Waals surface area contributed by atoms with Crippen LogP contribution in [0, 0.1) is 72.5 Å². The van der Waals surface area contributed by atoms with Crippen LogP contribution in [0.25, 0.3) is 0 Å². The lowest BCUT2D eigenvalue weighted by Gasteiger charge is -2.64. The number of hydrogen-bond acceptors (Lipinski definition) is 27. The zero-order chi connectivity index (χ0) is 109. The first-order chi connectivity index (χ1) is 69.7. The second-order valence-corrected chi connectivity index (χ2v) is 51.7. The van der Waals surface area contributed by atoms with Gasteiger partial charge in [-0.15, -0.1) is 0 Å². The number of hydrogen-bond donors (Lipinski definition) is 6. The third kappa shape index (κ3) is 24.1. The van der Waals surface area contributed by atoms with Crippen molar-refractivity contribution in [2.45, 2.75) is 390 Å². The number of carbonyl (C=O) groups excluding carboxylic acids is 9. The molecule has 21 rings (SSSR count). The number of ether oxygens (including phenoxy) is 9. The molecule has 150 heavy (non-hydrogen) atoms. The number of imidazole rings is 3. The summed E-state index contributed by atoms with van der Waals surface area (Å²) in [4.78, 5) is 145. The number of nitrogens with one attached hydrogen (secondary N) is 6. The highest BCUT2D eigenvalue weighted by Gasteiger charge is 2.71. The van der Waals surface area contributed by atoms with Crippen LogP contribution in [0.4, 0.5) is 14.4 Å². The molecule has 6 amide bonds. The maximum atomic E-state index is 13.6. The number of esters is 3. The number of rotatable bonds is 27. The van der Waals surface area contributed by atoms with Gasteiger partial charge in [0.05, 0.1) is 129 Å². The van der Waals surface area contributed by atoms with Crippen molar-refractivity contribution in [1.82, 2.24) is 60.6 Å². The summed E-state index contributed by atoms with van der Waals surface area (Å²) < 4.78 is 92.1. The van der Waals surface area contributed by atoms with Gasteiger partial charge < -0.3 is 116 Å². The maximum Gasteiger partial charge on any atom is 0.457 e. The molecule has 39 heteroatoms. The van der Waals surface area contributed by atoms with E-state index in [1.807, 2.05) is 119 Å². The van der Waals surface area contributed by atoms with Gasteiger partial charge in [-0.05, 0) is 346 Å². The molecule has 9 aliphatic carbocycles. The summed E-state index contributed by atoms with van der Waals surface area (Å²) in [6.45, 7) is 60.5. The minimum Gasteiger partial charge on any atom is -0.486 e. The third-order valence-corrected chi connectivity index (χ3v) is 33.0. The number of benzene rings is 3. The van der Waals surface area contributed by atoms with Crippen molar-refractivity contribution in [1.29, 1.82) is 0 Å². The Labute approximate surface area is 883 Å². The fourth-order valence-corrected chi connectivity index (χ4v) is 24.6. The first-order valence-electron chi connectivity index (χ1n) is 53.6. The summed E-state index contributed by atoms with van der Waals surface area (Å²) in [6, 6.07) is 8.39. The summed E-state index contributed by atoms with van der Waals surface area (Å²) in [5.74, 6) is 2.39. The molecule has 36 nitrogen and oxygen atoms in total. The average Bonchev–Trinajstić information content (AvgIpc) is 1.44. The van der Waals surface area contributed by atoms with Gasteiger partial charge in [0.1, 0.15) is 85.9 Å². The van der Waals surface area contributed by atoms with E-state index in [4.69, 9.17) is 70.6 Å². The molecular formula is C111H159B3N12O24. The van der Waals surface area contributed by atoms with Crippen molar-refractivity contribution in [3.05, 3.63) is 141 Å². The van der Waals surface area contributed by atoms with Crippen LogP contribution in [-0.4, -0.2) is 246 Å². The van der Waals surface area contributed by atoms with Crippen LogP contribution >= 0.6 is 0 Å². The molecule has 0 spiro atoms. The molecule has 3 aromatic carbocycles. The Bertz CT molecular complexity index is 5390. The van der Waals surface area contributed by atoms with Crippen LogP contribution in [0.2, 0.25) is 19.0 Å². The van der Waals surface area contributed by atoms with Crippen LogP contribution in [0.3, 0.4) is 0 Å². The number of H-pyrrole nitrogens is 3. The summed E-state index contributed by atoms with van der Waals surface area (Å²) >= 11 is 0. The largest absolute Gasteiger partial charge is 0.486 e. The average molecular weight is 2080 g/mol. The van der Waals surface area contributed by atoms with Crippen LogP contribution < -0.4 is 30.2 Å². The summed E-state index contributed by atoms with van der Waals surface area (Å²) in [6.07, 6.45) is 16.7. The molecule has 15 fully saturated rings. The lowest BCUT2D eigenvalue weighted by Crippen LogP contribution is -2.65. The first-order valence-corrected chi connectivity index (χ1v) is 53.6. The van der Waals surface area contributed by atoms with Gasteiger partial charge >= 0.3 is 57.5 Å². The highest BCUT2D eigenvalue weighted by Crippen LogP contribution is 2.69. The maximum absolute atomic E-state index is 13.6. The fraction of sp³-hybridized carbons (Fsp3) is 0.676. The van der Waals surface area contributed by atoms with Crippen molar-refractivity contribution in [2.75, 3.05) is 39.3 Å². The summed E-state index contributed by atoms with van der Waals surface area (Å²) in [5, 5.41) is 7.98. The number of carbonyl (C=O) groups is 9. The molecule has 0 radical (unpaired) electrons. The highest BCUT2D eigenvalue weighted by atomic mass is 16.7. The second kappa shape index (κ2) is 41.6. The van der Waals surface area contributed by atoms with E-state index < -0.39 is 87.9 Å². The molecule has 15 atom stereocenters. The molecule has 9 heterocycles. The van der Waals surface area contributed by atoms with Crippen molar-refractivity contribution in [3.8, 4) is 17.2 Å². The Kier molecular flexibility index (Phi) is 31.0. The van der Waals surface area contributed by atoms with Crippen LogP contribution in [-0.2, 0) is 90.0 Å². The predicted octanol–water partition coefficient (Wildman–Crippen LogP) is 17.4. The van der Waals surface area contributed by atoms with E-state index in [2.05, 4.69) is 108 Å². The molecule has 6 N–H and O–H groups in total. The van der Waals surface area contributed by atoms with Crippen LogP contribution in [0.5, 0.6) is 17.2 Å². The van der Waals surface area contributed by atoms with Gasteiger partial charge in [0, 0.05) is 0 Å². The topological polar surface area (TPSA) is 424 Å². The van der Waals surface area contributed by atoms with Crippen LogP contribution in [0.1, 0.15) is 325 Å². The van der Waals surface area contributed by atoms with Gasteiger partial charge in [-0.2, -0.15) is 0 Å². The van der Waals surface area contributed by atoms with Gasteiger partial charge in [-0.25, -0.2) is 43.7 Å². The number of likely N-dealkylation sites (tertiary alicyclic amines) is 3. The molecule has 15 aliphatic rings. The van der Waals surface area contributed by atoms with Gasteiger partial charge in [-0.1, -0.05) is 59.7 Å². The summed E-state index contributed by atoms with van der Waals surface area (Å²) in [5.41, 5.74) is 3.53. The lowest BCUT2D eigenvalue weighted by molar-refractivity contribution is -0.199. The minimum absolute atomic E-state index is 0.121. The smallest absolute Gasteiger partial charge is 0.457 e. The van der Waals surface area contributed by atoms with Gasteiger partial charge in [0.15, 0.2) is 18.1 Å². The lowest BCUT2D eigenvalue weighted by atomic mass is 9.43. The van der Waals surface area contributed by atoms with Gasteiger partial charge in [-0.3, -0.25) is 14.4 Å². The normalized spacial score (nSPS) is 26.3. The molecule has 3 aromatic heterocycles. The van der Waals surface area contributed by atoms with E-state index in [9.17, 15) is 43.2 Å². The Morgan fingerprint density at radius 3 is 0.800 bits per heavy atom. The molecule has 816 valence electrons. The number of amides is 6. The molecule has 6 aliphatic heterocycles. The number of aryl methyl sites for hydroxylation is 3. The molecule has 6 saturated heterocycles. The molecule has 1 unspecified atom stereocenters. The van der Waals surface area contributed by atoms with E-state index in [0.717, 1.165) is 52.6 Å². The minimum atomic E-state index is -1.01. The number of nitrogens with zero attached hydrogens (tertiary/aromatic N) is 6. The monoisotopic (exact) mass is 2080 g/mol. The van der Waals surface area contributed by atoms with Crippen molar-refractivity contribution < 1.29 is 114 Å².